The third-order valence-corrected chi connectivity index (χ3v) is 10.7. The molecule has 0 amide bonds. The van der Waals surface area contributed by atoms with Crippen molar-refractivity contribution in [3.05, 3.63) is 48.1 Å². The number of ether oxygens (including phenoxy) is 2. The summed E-state index contributed by atoms with van der Waals surface area (Å²) in [5.41, 5.74) is 5.86. The summed E-state index contributed by atoms with van der Waals surface area (Å²) in [6, 6.07) is 3.09. The molecule has 0 saturated heterocycles. The first-order chi connectivity index (χ1) is 29.8. The highest BCUT2D eigenvalue weighted by molar-refractivity contribution is 7.46. The fraction of sp³-hybridized carbons (Fsp3) is 0.729. The smallest absolute Gasteiger partial charge is 0.469 e. The molecule has 62 heavy (non-hydrogen) atoms. The third-order valence-electron chi connectivity index (χ3n) is 10.3. The van der Waals surface area contributed by atoms with Gasteiger partial charge < -0.3 is 40.3 Å². The minimum Gasteiger partial charge on any atom is -0.504 e. The van der Waals surface area contributed by atoms with Gasteiger partial charge in [0.1, 0.15) is 12.6 Å². The Bertz CT molecular complexity index is 1380. The molecule has 1 aromatic carbocycles. The van der Waals surface area contributed by atoms with Gasteiger partial charge in [0.05, 0.1) is 6.61 Å². The average Bonchev–Trinajstić information content (AvgIpc) is 3.23. The Morgan fingerprint density at radius 3 is 1.45 bits per heavy atom. The zero-order valence-electron chi connectivity index (χ0n) is 38.2. The molecular weight excluding hydrogens is 813 g/mol. The minimum absolute atomic E-state index is 0.114. The van der Waals surface area contributed by atoms with E-state index >= 15 is 0 Å². The lowest BCUT2D eigenvalue weighted by atomic mass is 10.1. The number of phenolic OH excluding ortho intramolecular Hbond substituents is 2. The highest BCUT2D eigenvalue weighted by Gasteiger charge is 2.23. The van der Waals surface area contributed by atoms with Gasteiger partial charge in [-0.15, -0.1) is 0 Å². The standard InChI is InChI=1S/C39H73O8P.C9H11NO4/c1-3-5-7-9-11-13-15-17-19-21-23-25-27-29-31-33-38(40)45-35-37(36-46-48(42,43)44)47-39(41)34-32-30-28-26-24-22-20-18-16-14-12-10-8-6-4-2;10-6(9(13)14)3-5-1-2-7(11)8(12)4-5/h17-20,37H,3-16,21-36H2,1-2H3,(H2,42,43,44);1-2,4,6,11-12H,3,10H2,(H,13,14)/b19-17-,20-18-;/t37-;6-/m10/s1. The topological polar surface area (TPSA) is 223 Å². The summed E-state index contributed by atoms with van der Waals surface area (Å²) in [4.78, 5) is 53.1. The van der Waals surface area contributed by atoms with Gasteiger partial charge in [-0.05, 0) is 88.3 Å². The van der Waals surface area contributed by atoms with Crippen LogP contribution in [-0.2, 0) is 39.4 Å². The molecule has 0 unspecified atom stereocenters. The molecule has 14 heteroatoms. The molecule has 2 atom stereocenters. The number of phosphoric ester groups is 1. The van der Waals surface area contributed by atoms with Crippen molar-refractivity contribution in [3.8, 4) is 11.5 Å². The molecule has 0 aliphatic rings. The molecular formula is C48H84NO12P. The second-order valence-electron chi connectivity index (χ2n) is 16.2. The van der Waals surface area contributed by atoms with Gasteiger partial charge in [0.2, 0.25) is 0 Å². The molecule has 0 aliphatic carbocycles. The Hall–Kier alpha value is -3.22. The van der Waals surface area contributed by atoms with Crippen LogP contribution in [0.15, 0.2) is 42.5 Å². The number of unbranched alkanes of at least 4 members (excludes halogenated alkanes) is 22. The molecule has 0 aromatic heterocycles. The van der Waals surface area contributed by atoms with Crippen LogP contribution < -0.4 is 5.73 Å². The zero-order valence-corrected chi connectivity index (χ0v) is 39.1. The van der Waals surface area contributed by atoms with E-state index in [-0.39, 0.29) is 37.4 Å². The number of phenols is 2. The second kappa shape index (κ2) is 40.5. The number of hydrogen-bond acceptors (Lipinski definition) is 10. The van der Waals surface area contributed by atoms with Gasteiger partial charge in [-0.25, -0.2) is 4.57 Å². The number of aliphatic carboxylic acids is 1. The van der Waals surface area contributed by atoms with Gasteiger partial charge >= 0.3 is 25.7 Å². The van der Waals surface area contributed by atoms with Crippen LogP contribution >= 0.6 is 7.82 Å². The number of carbonyl (C=O) groups is 3. The first-order valence-corrected chi connectivity index (χ1v) is 25.2. The van der Waals surface area contributed by atoms with E-state index in [1.165, 1.54) is 108 Å². The summed E-state index contributed by atoms with van der Waals surface area (Å²) in [5.74, 6) is -2.52. The third kappa shape index (κ3) is 39.6. The quantitative estimate of drug-likeness (QED) is 0.0119. The SMILES string of the molecule is CCCCCCCC/C=C\CCCCCCCC(=O)OC[C@H](COP(=O)(O)O)OC(=O)CCCCCCC/C=C\CCCCCCCC.N[C@@H](Cc1ccc(O)c(O)c1)C(=O)O. The van der Waals surface area contributed by atoms with Crippen LogP contribution in [0, 0.1) is 0 Å². The van der Waals surface area contributed by atoms with Crippen LogP contribution in [0.1, 0.15) is 199 Å². The first-order valence-electron chi connectivity index (χ1n) is 23.6. The van der Waals surface area contributed by atoms with Gasteiger partial charge in [0.15, 0.2) is 17.6 Å². The molecule has 0 fully saturated rings. The monoisotopic (exact) mass is 898 g/mol. The number of benzene rings is 1. The molecule has 7 N–H and O–H groups in total. The molecule has 1 aromatic rings. The number of esters is 2. The van der Waals surface area contributed by atoms with Crippen molar-refractivity contribution < 1.29 is 58.1 Å². The van der Waals surface area contributed by atoms with Crippen LogP contribution in [-0.4, -0.2) is 68.4 Å². The normalized spacial score (nSPS) is 12.6. The molecule has 0 bridgehead atoms. The maximum atomic E-state index is 12.4. The number of aromatic hydroxyl groups is 2. The first kappa shape index (κ1) is 58.8. The van der Waals surface area contributed by atoms with Crippen molar-refractivity contribution in [3.63, 3.8) is 0 Å². The predicted octanol–water partition coefficient (Wildman–Crippen LogP) is 11.7. The summed E-state index contributed by atoms with van der Waals surface area (Å²) in [7, 11) is -4.75. The molecule has 358 valence electrons. The Morgan fingerprint density at radius 2 is 1.03 bits per heavy atom. The number of rotatable bonds is 39. The van der Waals surface area contributed by atoms with Gasteiger partial charge in [-0.2, -0.15) is 0 Å². The predicted molar refractivity (Wildman–Crippen MR) is 247 cm³/mol. The van der Waals surface area contributed by atoms with E-state index in [9.17, 15) is 18.9 Å². The molecule has 1 rings (SSSR count). The highest BCUT2D eigenvalue weighted by atomic mass is 31.2. The van der Waals surface area contributed by atoms with E-state index in [1.807, 2.05) is 0 Å². The number of nitrogens with two attached hydrogens (primary N) is 1. The number of carboxylic acids is 1. The van der Waals surface area contributed by atoms with Gasteiger partial charge in [0, 0.05) is 12.8 Å². The molecule has 0 radical (unpaired) electrons. The van der Waals surface area contributed by atoms with Crippen LogP contribution in [0.2, 0.25) is 0 Å². The van der Waals surface area contributed by atoms with Crippen LogP contribution in [0.25, 0.3) is 0 Å². The lowest BCUT2D eigenvalue weighted by Gasteiger charge is -2.18. The molecule has 0 heterocycles. The molecule has 0 aliphatic heterocycles. The summed E-state index contributed by atoms with van der Waals surface area (Å²) < 4.78 is 26.3. The number of hydrogen-bond donors (Lipinski definition) is 6. The molecule has 13 nitrogen and oxygen atoms in total. The summed E-state index contributed by atoms with van der Waals surface area (Å²) in [5, 5.41) is 26.6. The van der Waals surface area contributed by atoms with E-state index in [0.29, 0.717) is 18.4 Å². The maximum absolute atomic E-state index is 12.4. The number of allylic oxidation sites excluding steroid dienone is 4. The van der Waals surface area contributed by atoms with E-state index in [0.717, 1.165) is 64.2 Å². The number of carboxylic acid groups (broad SMARTS) is 1. The lowest BCUT2D eigenvalue weighted by Crippen LogP contribution is -2.32. The summed E-state index contributed by atoms with van der Waals surface area (Å²) in [6.45, 7) is 3.66. The largest absolute Gasteiger partial charge is 0.504 e. The van der Waals surface area contributed by atoms with E-state index in [4.69, 9.17) is 40.3 Å². The Balaban J connectivity index is 0.00000223. The van der Waals surface area contributed by atoms with Crippen molar-refractivity contribution in [1.29, 1.82) is 0 Å². The Morgan fingerprint density at radius 1 is 0.613 bits per heavy atom. The Labute approximate surface area is 373 Å². The van der Waals surface area contributed by atoms with E-state index in [2.05, 4.69) is 42.7 Å². The van der Waals surface area contributed by atoms with Crippen LogP contribution in [0.4, 0.5) is 0 Å². The summed E-state index contributed by atoms with van der Waals surface area (Å²) >= 11 is 0. The Kier molecular flexibility index (Phi) is 38.4. The van der Waals surface area contributed by atoms with Gasteiger partial charge in [-0.1, -0.05) is 147 Å². The molecule has 0 saturated carbocycles. The van der Waals surface area contributed by atoms with Crippen molar-refractivity contribution in [2.24, 2.45) is 5.73 Å². The van der Waals surface area contributed by atoms with Gasteiger partial charge in [0.25, 0.3) is 0 Å². The van der Waals surface area contributed by atoms with E-state index < -0.39 is 44.5 Å². The second-order valence-corrected chi connectivity index (χ2v) is 17.5. The molecule has 0 spiro atoms. The van der Waals surface area contributed by atoms with Crippen molar-refractivity contribution in [1.82, 2.24) is 0 Å². The van der Waals surface area contributed by atoms with Crippen molar-refractivity contribution in [2.45, 2.75) is 212 Å². The lowest BCUT2D eigenvalue weighted by molar-refractivity contribution is -0.161. The number of carbonyl (C=O) groups excluding carboxylic acids is 2. The average molecular weight is 898 g/mol. The van der Waals surface area contributed by atoms with Crippen molar-refractivity contribution in [2.75, 3.05) is 13.2 Å². The fourth-order valence-corrected chi connectivity index (χ4v) is 6.88. The minimum atomic E-state index is -4.75. The zero-order chi connectivity index (χ0) is 46.1. The number of phosphoric acid groups is 1. The highest BCUT2D eigenvalue weighted by Crippen LogP contribution is 2.36. The van der Waals surface area contributed by atoms with Gasteiger partial charge in [-0.3, -0.25) is 18.9 Å². The van der Waals surface area contributed by atoms with Crippen molar-refractivity contribution >= 4 is 25.7 Å². The summed E-state index contributed by atoms with van der Waals surface area (Å²) in [6.07, 6.45) is 39.1. The van der Waals surface area contributed by atoms with Crippen LogP contribution in [0.3, 0.4) is 0 Å². The maximum Gasteiger partial charge on any atom is 0.469 e. The van der Waals surface area contributed by atoms with E-state index in [1.54, 1.807) is 0 Å². The fourth-order valence-electron chi connectivity index (χ4n) is 6.52. The van der Waals surface area contributed by atoms with Crippen LogP contribution in [0.5, 0.6) is 11.5 Å².